The molecule has 9 heteroatoms. The van der Waals surface area contributed by atoms with Crippen LogP contribution in [0.3, 0.4) is 0 Å². The Morgan fingerprint density at radius 1 is 1.15 bits per heavy atom. The van der Waals surface area contributed by atoms with Gasteiger partial charge in [0.15, 0.2) is 11.6 Å². The van der Waals surface area contributed by atoms with Gasteiger partial charge in [0.1, 0.15) is 5.69 Å². The predicted molar refractivity (Wildman–Crippen MR) is 93.4 cm³/mol. The van der Waals surface area contributed by atoms with Crippen LogP contribution < -0.4 is 5.32 Å². The van der Waals surface area contributed by atoms with E-state index in [0.717, 1.165) is 42.7 Å². The first kappa shape index (κ1) is 15.0. The fraction of sp³-hybridized carbons (Fsp3) is 0.235. The molecule has 0 saturated heterocycles. The Kier molecular flexibility index (Phi) is 3.56. The first-order chi connectivity index (χ1) is 12.9. The Morgan fingerprint density at radius 3 is 2.96 bits per heavy atom. The van der Waals surface area contributed by atoms with Gasteiger partial charge in [-0.1, -0.05) is 18.2 Å². The minimum atomic E-state index is 0.512. The number of benzene rings is 1. The Bertz CT molecular complexity index is 1000. The highest BCUT2D eigenvalue weighted by Crippen LogP contribution is 2.20. The van der Waals surface area contributed by atoms with Gasteiger partial charge in [0.05, 0.1) is 24.5 Å². The highest BCUT2D eigenvalue weighted by atomic mass is 15.5. The average Bonchev–Trinajstić information content (AvgIpc) is 3.41. The van der Waals surface area contributed by atoms with Crippen molar-refractivity contribution >= 4 is 0 Å². The zero-order valence-corrected chi connectivity index (χ0v) is 14.0. The molecule has 0 atom stereocenters. The normalized spacial score (nSPS) is 13.7. The maximum Gasteiger partial charge on any atom is 0.176 e. The number of nitrogens with one attached hydrogen (secondary N) is 1. The van der Waals surface area contributed by atoms with Crippen molar-refractivity contribution in [2.75, 3.05) is 6.54 Å². The van der Waals surface area contributed by atoms with Crippen LogP contribution in [0, 0.1) is 0 Å². The van der Waals surface area contributed by atoms with Crippen LogP contribution in [0.1, 0.15) is 11.5 Å². The molecular weight excluding hydrogens is 330 g/mol. The van der Waals surface area contributed by atoms with Gasteiger partial charge in [-0.15, -0.1) is 5.10 Å². The summed E-state index contributed by atoms with van der Waals surface area (Å²) < 4.78 is 5.80. The van der Waals surface area contributed by atoms with Gasteiger partial charge >= 0.3 is 0 Å². The summed E-state index contributed by atoms with van der Waals surface area (Å²) in [6.07, 6.45) is 3.71. The van der Waals surface area contributed by atoms with Crippen LogP contribution in [0.15, 0.2) is 48.8 Å². The summed E-state index contributed by atoms with van der Waals surface area (Å²) >= 11 is 0. The lowest BCUT2D eigenvalue weighted by Crippen LogP contribution is -2.28. The summed E-state index contributed by atoms with van der Waals surface area (Å²) in [5.41, 5.74) is 2.97. The molecule has 1 aromatic carbocycles. The maximum atomic E-state index is 4.70. The lowest BCUT2D eigenvalue weighted by molar-refractivity contribution is 0.476. The minimum absolute atomic E-state index is 0.512. The second-order valence-electron chi connectivity index (χ2n) is 6.14. The number of hydrogen-bond acceptors (Lipinski definition) is 6. The molecule has 5 rings (SSSR count). The Labute approximate surface area is 149 Å². The number of tetrazole rings is 1. The van der Waals surface area contributed by atoms with E-state index in [4.69, 9.17) is 5.10 Å². The van der Waals surface area contributed by atoms with Crippen molar-refractivity contribution in [3.8, 4) is 17.2 Å². The smallest absolute Gasteiger partial charge is 0.176 e. The topological polar surface area (TPSA) is 91.3 Å². The van der Waals surface area contributed by atoms with Gasteiger partial charge in [-0.2, -0.15) is 9.78 Å². The molecule has 0 spiro atoms. The lowest BCUT2D eigenvalue weighted by atomic mass is 10.3. The van der Waals surface area contributed by atoms with Crippen LogP contribution in [-0.2, 0) is 19.6 Å². The summed E-state index contributed by atoms with van der Waals surface area (Å²) in [7, 11) is 0. The average molecular weight is 347 g/mol. The molecule has 0 radical (unpaired) electrons. The van der Waals surface area contributed by atoms with Gasteiger partial charge in [-0.3, -0.25) is 4.68 Å². The summed E-state index contributed by atoms with van der Waals surface area (Å²) in [5, 5.41) is 20.2. The highest BCUT2D eigenvalue weighted by molar-refractivity contribution is 5.50. The molecule has 26 heavy (non-hydrogen) atoms. The van der Waals surface area contributed by atoms with Crippen molar-refractivity contribution in [3.05, 3.63) is 60.3 Å². The van der Waals surface area contributed by atoms with Gasteiger partial charge in [0.25, 0.3) is 0 Å². The zero-order chi connectivity index (χ0) is 17.3. The zero-order valence-electron chi connectivity index (χ0n) is 14.0. The van der Waals surface area contributed by atoms with Crippen LogP contribution in [-0.4, -0.2) is 46.1 Å². The van der Waals surface area contributed by atoms with Gasteiger partial charge < -0.3 is 9.88 Å². The van der Waals surface area contributed by atoms with Gasteiger partial charge in [-0.05, 0) is 28.6 Å². The molecule has 1 aliphatic rings. The molecule has 4 aromatic rings. The first-order valence-electron chi connectivity index (χ1n) is 8.50. The third-order valence-corrected chi connectivity index (χ3v) is 4.46. The number of rotatable bonds is 4. The molecule has 0 unspecified atom stereocenters. The number of hydrogen-bond donors (Lipinski definition) is 1. The summed E-state index contributed by atoms with van der Waals surface area (Å²) in [6, 6.07) is 11.9. The number of nitrogens with zero attached hydrogens (tertiary/aromatic N) is 8. The second-order valence-corrected chi connectivity index (χ2v) is 6.14. The minimum Gasteiger partial charge on any atom is -0.322 e. The molecule has 130 valence electrons. The Hall–Kier alpha value is -3.33. The Balaban J connectivity index is 1.48. The van der Waals surface area contributed by atoms with Crippen LogP contribution >= 0.6 is 0 Å². The number of fused-ring (bicyclic) bond motifs is 1. The van der Waals surface area contributed by atoms with E-state index in [1.165, 1.54) is 5.69 Å². The van der Waals surface area contributed by atoms with Crippen LogP contribution in [0.4, 0.5) is 0 Å². The van der Waals surface area contributed by atoms with Crippen molar-refractivity contribution in [1.29, 1.82) is 0 Å². The maximum absolute atomic E-state index is 4.70. The highest BCUT2D eigenvalue weighted by Gasteiger charge is 2.17. The van der Waals surface area contributed by atoms with Gasteiger partial charge in [-0.25, -0.2) is 4.98 Å². The molecule has 0 amide bonds. The quantitative estimate of drug-likeness (QED) is 0.589. The predicted octanol–water partition coefficient (Wildman–Crippen LogP) is 0.874. The summed E-state index contributed by atoms with van der Waals surface area (Å²) in [5.74, 6) is 1.55. The molecule has 0 saturated carbocycles. The fourth-order valence-corrected chi connectivity index (χ4v) is 3.20. The third-order valence-electron chi connectivity index (χ3n) is 4.46. The van der Waals surface area contributed by atoms with Crippen molar-refractivity contribution in [1.82, 2.24) is 44.9 Å². The number of imidazole rings is 1. The Morgan fingerprint density at radius 2 is 2.08 bits per heavy atom. The van der Waals surface area contributed by atoms with Crippen LogP contribution in [0.5, 0.6) is 0 Å². The van der Waals surface area contributed by atoms with Crippen molar-refractivity contribution in [3.63, 3.8) is 0 Å². The second kappa shape index (κ2) is 6.19. The van der Waals surface area contributed by atoms with Crippen LogP contribution in [0.25, 0.3) is 17.2 Å². The largest absolute Gasteiger partial charge is 0.322 e. The van der Waals surface area contributed by atoms with E-state index in [1.54, 1.807) is 10.9 Å². The lowest BCUT2D eigenvalue weighted by Gasteiger charge is -2.13. The third kappa shape index (κ3) is 2.58. The molecule has 1 N–H and O–H groups in total. The van der Waals surface area contributed by atoms with Crippen LogP contribution in [0.2, 0.25) is 0 Å². The standard InChI is InChI=1S/C17H17N9/c1-2-4-13(5-3-1)26-16(20-22-23-26)12-24-8-7-19-17(24)15-10-14-11-18-6-9-25(14)21-15/h1-5,7-8,10,18H,6,9,11-12H2. The molecule has 4 heterocycles. The molecule has 3 aromatic heterocycles. The fourth-order valence-electron chi connectivity index (χ4n) is 3.20. The molecule has 0 bridgehead atoms. The van der Waals surface area contributed by atoms with Gasteiger partial charge in [0.2, 0.25) is 0 Å². The van der Waals surface area contributed by atoms with E-state index < -0.39 is 0 Å². The van der Waals surface area contributed by atoms with E-state index >= 15 is 0 Å². The molecule has 0 fully saturated rings. The monoisotopic (exact) mass is 347 g/mol. The first-order valence-corrected chi connectivity index (χ1v) is 8.50. The van der Waals surface area contributed by atoms with E-state index in [1.807, 2.05) is 45.8 Å². The number of aromatic nitrogens is 8. The number of para-hydroxylation sites is 1. The molecular formula is C17H17N9. The van der Waals surface area contributed by atoms with E-state index in [-0.39, 0.29) is 0 Å². The van der Waals surface area contributed by atoms with Crippen molar-refractivity contribution in [2.45, 2.75) is 19.6 Å². The summed E-state index contributed by atoms with van der Waals surface area (Å²) in [4.78, 5) is 4.50. The van der Waals surface area contributed by atoms with Gasteiger partial charge in [0, 0.05) is 25.5 Å². The molecule has 9 nitrogen and oxygen atoms in total. The summed E-state index contributed by atoms with van der Waals surface area (Å²) in [6.45, 7) is 3.16. The van der Waals surface area contributed by atoms with E-state index in [0.29, 0.717) is 6.54 Å². The van der Waals surface area contributed by atoms with Crippen molar-refractivity contribution in [2.24, 2.45) is 0 Å². The van der Waals surface area contributed by atoms with E-state index in [2.05, 4.69) is 31.9 Å². The van der Waals surface area contributed by atoms with Crippen molar-refractivity contribution < 1.29 is 0 Å². The SMILES string of the molecule is c1ccc(-n2nnnc2Cn2ccnc2-c2cc3n(n2)CCNC3)cc1. The van der Waals surface area contributed by atoms with E-state index in [9.17, 15) is 0 Å². The molecule has 0 aliphatic carbocycles. The molecule has 1 aliphatic heterocycles.